The second-order valence-corrected chi connectivity index (χ2v) is 9.75. The Morgan fingerprint density at radius 2 is 1.50 bits per heavy atom. The van der Waals surface area contributed by atoms with Crippen LogP contribution in [0.1, 0.15) is 25.6 Å². The molecular weight excluding hydrogens is 446 g/mol. The third-order valence-electron chi connectivity index (χ3n) is 4.65. The van der Waals surface area contributed by atoms with E-state index < -0.39 is 21.8 Å². The predicted molar refractivity (Wildman–Crippen MR) is 124 cm³/mol. The Hall–Kier alpha value is -3.53. The molecular formula is C23H19N3O4S2. The van der Waals surface area contributed by atoms with E-state index in [2.05, 4.69) is 15.6 Å². The van der Waals surface area contributed by atoms with Crippen molar-refractivity contribution in [3.63, 3.8) is 0 Å². The maximum atomic E-state index is 12.6. The van der Waals surface area contributed by atoms with E-state index in [1.165, 1.54) is 35.6 Å². The molecule has 3 aromatic carbocycles. The molecule has 0 unspecified atom stereocenters. The van der Waals surface area contributed by atoms with Gasteiger partial charge in [-0.15, -0.1) is 11.3 Å². The minimum Gasteiger partial charge on any atom is -0.267 e. The van der Waals surface area contributed by atoms with E-state index in [0.29, 0.717) is 4.88 Å². The highest BCUT2D eigenvalue weighted by atomic mass is 32.2. The summed E-state index contributed by atoms with van der Waals surface area (Å²) in [5.74, 6) is -1.08. The highest BCUT2D eigenvalue weighted by Gasteiger charge is 2.17. The van der Waals surface area contributed by atoms with Crippen LogP contribution in [-0.2, 0) is 16.6 Å². The van der Waals surface area contributed by atoms with Gasteiger partial charge in [-0.3, -0.25) is 20.4 Å². The van der Waals surface area contributed by atoms with Crippen LogP contribution in [0.5, 0.6) is 0 Å². The van der Waals surface area contributed by atoms with Gasteiger partial charge in [-0.2, -0.15) is 0 Å². The fourth-order valence-corrected chi connectivity index (χ4v) is 5.02. The number of carbonyl (C=O) groups is 2. The monoisotopic (exact) mass is 465 g/mol. The van der Waals surface area contributed by atoms with E-state index in [-0.39, 0.29) is 17.0 Å². The number of amides is 2. The minimum absolute atomic E-state index is 0.0445. The van der Waals surface area contributed by atoms with E-state index in [1.54, 1.807) is 6.07 Å². The van der Waals surface area contributed by atoms with Crippen LogP contribution in [0, 0.1) is 0 Å². The molecule has 0 saturated heterocycles. The Morgan fingerprint density at radius 3 is 2.28 bits per heavy atom. The molecule has 4 aromatic rings. The number of hydrazine groups is 1. The lowest BCUT2D eigenvalue weighted by Crippen LogP contribution is -2.41. The Bertz CT molecular complexity index is 1350. The minimum atomic E-state index is -3.82. The number of carbonyl (C=O) groups excluding carboxylic acids is 2. The van der Waals surface area contributed by atoms with Gasteiger partial charge in [0.15, 0.2) is 0 Å². The molecule has 0 bridgehead atoms. The zero-order valence-electron chi connectivity index (χ0n) is 16.7. The smallest absolute Gasteiger partial charge is 0.267 e. The van der Waals surface area contributed by atoms with Gasteiger partial charge < -0.3 is 0 Å². The van der Waals surface area contributed by atoms with Crippen molar-refractivity contribution in [2.24, 2.45) is 0 Å². The van der Waals surface area contributed by atoms with Crippen molar-refractivity contribution in [3.05, 3.63) is 101 Å². The number of thiophene rings is 1. The van der Waals surface area contributed by atoms with Crippen molar-refractivity contribution < 1.29 is 18.0 Å². The third kappa shape index (κ3) is 5.02. The average molecular weight is 466 g/mol. The summed E-state index contributed by atoms with van der Waals surface area (Å²) in [4.78, 5) is 25.3. The van der Waals surface area contributed by atoms with Gasteiger partial charge in [0.1, 0.15) is 0 Å². The number of sulfonamides is 1. The van der Waals surface area contributed by atoms with Gasteiger partial charge in [-0.1, -0.05) is 54.6 Å². The lowest BCUT2D eigenvalue weighted by molar-refractivity contribution is 0.0849. The van der Waals surface area contributed by atoms with Crippen LogP contribution in [0.2, 0.25) is 0 Å². The van der Waals surface area contributed by atoms with Gasteiger partial charge in [0, 0.05) is 16.8 Å². The fourth-order valence-electron chi connectivity index (χ4n) is 3.00. The highest BCUT2D eigenvalue weighted by molar-refractivity contribution is 7.89. The molecule has 0 spiro atoms. The first-order valence-electron chi connectivity index (χ1n) is 9.65. The number of rotatable bonds is 6. The van der Waals surface area contributed by atoms with Crippen LogP contribution in [0.3, 0.4) is 0 Å². The van der Waals surface area contributed by atoms with Gasteiger partial charge in [0.2, 0.25) is 10.0 Å². The number of nitrogens with one attached hydrogen (secondary N) is 3. The topological polar surface area (TPSA) is 104 Å². The molecule has 0 radical (unpaired) electrons. The zero-order valence-corrected chi connectivity index (χ0v) is 18.4. The summed E-state index contributed by atoms with van der Waals surface area (Å²) in [5, 5.41) is 0.940. The van der Waals surface area contributed by atoms with Crippen molar-refractivity contribution in [3.8, 4) is 0 Å². The third-order valence-corrected chi connectivity index (χ3v) is 7.17. The van der Waals surface area contributed by atoms with Crippen molar-refractivity contribution in [1.82, 2.24) is 15.6 Å². The van der Waals surface area contributed by atoms with E-state index in [4.69, 9.17) is 0 Å². The Kier molecular flexibility index (Phi) is 6.31. The summed E-state index contributed by atoms with van der Waals surface area (Å²) in [7, 11) is -3.82. The summed E-state index contributed by atoms with van der Waals surface area (Å²) in [5.41, 5.74) is 5.62. The van der Waals surface area contributed by atoms with Crippen LogP contribution in [0.4, 0.5) is 0 Å². The van der Waals surface area contributed by atoms with Gasteiger partial charge in [-0.25, -0.2) is 13.1 Å². The predicted octanol–water partition coefficient (Wildman–Crippen LogP) is 3.45. The summed E-state index contributed by atoms with van der Waals surface area (Å²) in [6, 6.07) is 24.0. The highest BCUT2D eigenvalue weighted by Crippen LogP contribution is 2.24. The molecule has 4 rings (SSSR count). The van der Waals surface area contributed by atoms with Crippen molar-refractivity contribution in [1.29, 1.82) is 0 Å². The second kappa shape index (κ2) is 9.31. The number of hydrogen-bond donors (Lipinski definition) is 3. The van der Waals surface area contributed by atoms with Crippen molar-refractivity contribution >= 4 is 43.3 Å². The summed E-state index contributed by atoms with van der Waals surface area (Å²) >= 11 is 1.31. The second-order valence-electron chi connectivity index (χ2n) is 6.89. The molecule has 0 aliphatic rings. The quantitative estimate of drug-likeness (QED) is 0.379. The van der Waals surface area contributed by atoms with Crippen LogP contribution >= 0.6 is 11.3 Å². The molecule has 0 aliphatic heterocycles. The summed E-state index contributed by atoms with van der Waals surface area (Å²) < 4.78 is 28.7. The first-order valence-corrected chi connectivity index (χ1v) is 12.0. The lowest BCUT2D eigenvalue weighted by Gasteiger charge is -2.09. The molecule has 0 saturated carbocycles. The Balaban J connectivity index is 1.40. The molecule has 7 nitrogen and oxygen atoms in total. The normalized spacial score (nSPS) is 11.2. The largest absolute Gasteiger partial charge is 0.279 e. The number of benzene rings is 3. The van der Waals surface area contributed by atoms with E-state index in [9.17, 15) is 18.0 Å². The Labute approximate surface area is 189 Å². The van der Waals surface area contributed by atoms with Crippen LogP contribution < -0.4 is 15.6 Å². The van der Waals surface area contributed by atoms with Crippen molar-refractivity contribution in [2.45, 2.75) is 11.4 Å². The van der Waals surface area contributed by atoms with Gasteiger partial charge in [0.25, 0.3) is 11.8 Å². The maximum absolute atomic E-state index is 12.6. The maximum Gasteiger partial charge on any atom is 0.279 e. The van der Waals surface area contributed by atoms with Crippen LogP contribution in [0.25, 0.3) is 10.1 Å². The molecule has 162 valence electrons. The SMILES string of the molecule is O=C(NNC(=O)c1cc2ccccc2s1)c1cccc(S(=O)(=O)NCc2ccccc2)c1. The molecule has 0 aliphatic carbocycles. The summed E-state index contributed by atoms with van der Waals surface area (Å²) in [6.45, 7) is 0.130. The summed E-state index contributed by atoms with van der Waals surface area (Å²) in [6.07, 6.45) is 0. The standard InChI is InChI=1S/C23H19N3O4S2/c27-22(25-26-23(28)21-14-17-9-4-5-12-20(17)31-21)18-10-6-11-19(13-18)32(29,30)24-15-16-7-2-1-3-8-16/h1-14,24H,15H2,(H,25,27)(H,26,28). The molecule has 9 heteroatoms. The van der Waals surface area contributed by atoms with E-state index in [0.717, 1.165) is 15.6 Å². The lowest BCUT2D eigenvalue weighted by atomic mass is 10.2. The molecule has 0 fully saturated rings. The van der Waals surface area contributed by atoms with E-state index in [1.807, 2.05) is 54.6 Å². The molecule has 1 heterocycles. The van der Waals surface area contributed by atoms with Crippen LogP contribution in [0.15, 0.2) is 89.8 Å². The molecule has 32 heavy (non-hydrogen) atoms. The average Bonchev–Trinajstić information content (AvgIpc) is 3.26. The number of hydrogen-bond acceptors (Lipinski definition) is 5. The first-order chi connectivity index (χ1) is 15.4. The molecule has 2 amide bonds. The molecule has 0 atom stereocenters. The Morgan fingerprint density at radius 1 is 0.781 bits per heavy atom. The van der Waals surface area contributed by atoms with Gasteiger partial charge in [0.05, 0.1) is 9.77 Å². The van der Waals surface area contributed by atoms with Gasteiger partial charge >= 0.3 is 0 Å². The molecule has 1 aromatic heterocycles. The number of fused-ring (bicyclic) bond motifs is 1. The van der Waals surface area contributed by atoms with Crippen LogP contribution in [-0.4, -0.2) is 20.2 Å². The van der Waals surface area contributed by atoms with E-state index >= 15 is 0 Å². The fraction of sp³-hybridized carbons (Fsp3) is 0.0435. The van der Waals surface area contributed by atoms with Gasteiger partial charge in [-0.05, 0) is 41.3 Å². The molecule has 3 N–H and O–H groups in total. The first kappa shape index (κ1) is 21.7. The van der Waals surface area contributed by atoms with Crippen molar-refractivity contribution in [2.75, 3.05) is 0 Å². The zero-order chi connectivity index (χ0) is 22.6.